The topological polar surface area (TPSA) is 72.7 Å². The summed E-state index contributed by atoms with van der Waals surface area (Å²) in [5, 5.41) is 15.2. The summed E-state index contributed by atoms with van der Waals surface area (Å²) in [7, 11) is 0. The fourth-order valence-corrected chi connectivity index (χ4v) is 2.52. The minimum absolute atomic E-state index is 0.0892. The van der Waals surface area contributed by atoms with Gasteiger partial charge < -0.3 is 5.32 Å². The highest BCUT2D eigenvalue weighted by atomic mass is 79.9. The van der Waals surface area contributed by atoms with E-state index < -0.39 is 5.82 Å². The maximum atomic E-state index is 13.7. The van der Waals surface area contributed by atoms with Crippen molar-refractivity contribution in [1.29, 1.82) is 0 Å². The summed E-state index contributed by atoms with van der Waals surface area (Å²) in [5.74, 6) is -0.408. The number of aromatic nitrogens is 4. The van der Waals surface area contributed by atoms with Gasteiger partial charge in [0.1, 0.15) is 5.82 Å². The van der Waals surface area contributed by atoms with E-state index in [1.54, 1.807) is 30.3 Å². The van der Waals surface area contributed by atoms with Gasteiger partial charge in [-0.2, -0.15) is 4.80 Å². The van der Waals surface area contributed by atoms with Crippen molar-refractivity contribution in [2.24, 2.45) is 0 Å². The number of hydrogen-bond acceptors (Lipinski definition) is 4. The lowest BCUT2D eigenvalue weighted by molar-refractivity contribution is -0.116. The van der Waals surface area contributed by atoms with Crippen molar-refractivity contribution in [3.63, 3.8) is 0 Å². The molecule has 3 aromatic rings. The molecule has 1 heterocycles. The molecule has 1 amide bonds. The lowest BCUT2D eigenvalue weighted by atomic mass is 10.2. The fourth-order valence-electron chi connectivity index (χ4n) is 2.06. The summed E-state index contributed by atoms with van der Waals surface area (Å²) in [6.07, 6.45) is 0.0892. The van der Waals surface area contributed by atoms with Gasteiger partial charge in [0.2, 0.25) is 11.7 Å². The first-order valence-electron chi connectivity index (χ1n) is 7.30. The minimum Gasteiger partial charge on any atom is -0.324 e. The van der Waals surface area contributed by atoms with Gasteiger partial charge in [0.25, 0.3) is 0 Å². The molecule has 0 spiro atoms. The van der Waals surface area contributed by atoms with Crippen molar-refractivity contribution in [3.8, 4) is 11.4 Å². The second-order valence-corrected chi connectivity index (χ2v) is 6.49. The smallest absolute Gasteiger partial charge is 0.226 e. The first-order valence-corrected chi connectivity index (χ1v) is 8.47. The number of tetrazole rings is 1. The average molecular weight is 425 g/mol. The average Bonchev–Trinajstić information content (AvgIpc) is 3.05. The Morgan fingerprint density at radius 2 is 2.00 bits per heavy atom. The van der Waals surface area contributed by atoms with E-state index in [-0.39, 0.29) is 24.6 Å². The van der Waals surface area contributed by atoms with Crippen LogP contribution in [0.2, 0.25) is 5.02 Å². The maximum absolute atomic E-state index is 13.7. The van der Waals surface area contributed by atoms with E-state index in [0.29, 0.717) is 15.3 Å². The van der Waals surface area contributed by atoms with Crippen LogP contribution < -0.4 is 5.32 Å². The van der Waals surface area contributed by atoms with Crippen molar-refractivity contribution in [1.82, 2.24) is 20.2 Å². The molecule has 0 unspecified atom stereocenters. The number of rotatable bonds is 5. The van der Waals surface area contributed by atoms with Gasteiger partial charge in [-0.05, 0) is 47.7 Å². The molecule has 9 heteroatoms. The van der Waals surface area contributed by atoms with Crippen LogP contribution in [-0.2, 0) is 11.3 Å². The van der Waals surface area contributed by atoms with Crippen LogP contribution in [0.1, 0.15) is 6.42 Å². The number of carbonyl (C=O) groups is 1. The molecule has 0 aliphatic carbocycles. The predicted molar refractivity (Wildman–Crippen MR) is 95.6 cm³/mol. The highest BCUT2D eigenvalue weighted by Gasteiger charge is 2.10. The molecule has 3 rings (SSSR count). The van der Waals surface area contributed by atoms with Crippen LogP contribution in [0.4, 0.5) is 10.1 Å². The van der Waals surface area contributed by atoms with E-state index in [2.05, 4.69) is 36.7 Å². The van der Waals surface area contributed by atoms with Gasteiger partial charge >= 0.3 is 0 Å². The quantitative estimate of drug-likeness (QED) is 0.674. The molecule has 0 radical (unpaired) electrons. The second-order valence-electron chi connectivity index (χ2n) is 5.14. The molecule has 0 aliphatic heterocycles. The predicted octanol–water partition coefficient (Wildman–Crippen LogP) is 3.92. The number of nitrogens with zero attached hydrogens (tertiary/aromatic N) is 4. The third-order valence-corrected chi connectivity index (χ3v) is 4.04. The Morgan fingerprint density at radius 3 is 2.72 bits per heavy atom. The standard InChI is InChI=1S/C16H12BrClFN5O/c17-11-3-6-14(13(19)9-11)20-15(25)7-8-24-22-16(21-23-24)10-1-4-12(18)5-2-10/h1-6,9H,7-8H2,(H,20,25). The second kappa shape index (κ2) is 7.71. The molecular weight excluding hydrogens is 413 g/mol. The van der Waals surface area contributed by atoms with Crippen molar-refractivity contribution in [2.75, 3.05) is 5.32 Å². The van der Waals surface area contributed by atoms with Crippen LogP contribution in [0.5, 0.6) is 0 Å². The summed E-state index contributed by atoms with van der Waals surface area (Å²) in [6.45, 7) is 0.227. The molecule has 0 fully saturated rings. The highest BCUT2D eigenvalue weighted by Crippen LogP contribution is 2.20. The Balaban J connectivity index is 1.58. The Bertz CT molecular complexity index is 900. The first-order chi connectivity index (χ1) is 12.0. The van der Waals surface area contributed by atoms with E-state index in [1.165, 1.54) is 16.9 Å². The van der Waals surface area contributed by atoms with Gasteiger partial charge in [-0.3, -0.25) is 4.79 Å². The zero-order valence-electron chi connectivity index (χ0n) is 12.8. The number of anilines is 1. The van der Waals surface area contributed by atoms with Gasteiger partial charge in [0.15, 0.2) is 0 Å². The number of carbonyl (C=O) groups excluding carboxylic acids is 1. The zero-order chi connectivity index (χ0) is 17.8. The van der Waals surface area contributed by atoms with E-state index in [1.807, 2.05) is 0 Å². The van der Waals surface area contributed by atoms with Gasteiger partial charge in [-0.25, -0.2) is 4.39 Å². The summed E-state index contributed by atoms with van der Waals surface area (Å²) in [6, 6.07) is 11.5. The monoisotopic (exact) mass is 423 g/mol. The lowest BCUT2D eigenvalue weighted by Gasteiger charge is -2.06. The molecule has 128 valence electrons. The van der Waals surface area contributed by atoms with Crippen molar-refractivity contribution in [3.05, 3.63) is 57.8 Å². The van der Waals surface area contributed by atoms with Crippen molar-refractivity contribution in [2.45, 2.75) is 13.0 Å². The molecular formula is C16H12BrClFN5O. The summed E-state index contributed by atoms with van der Waals surface area (Å²) in [4.78, 5) is 13.3. The Labute approximate surface area is 156 Å². The number of hydrogen-bond donors (Lipinski definition) is 1. The normalized spacial score (nSPS) is 10.7. The number of halogens is 3. The third kappa shape index (κ3) is 4.61. The van der Waals surface area contributed by atoms with Crippen LogP contribution >= 0.6 is 27.5 Å². The lowest BCUT2D eigenvalue weighted by Crippen LogP contribution is -2.16. The van der Waals surface area contributed by atoms with Crippen LogP contribution in [0, 0.1) is 5.82 Å². The Kier molecular flexibility index (Phi) is 5.40. The number of benzene rings is 2. The summed E-state index contributed by atoms with van der Waals surface area (Å²) < 4.78 is 14.3. The van der Waals surface area contributed by atoms with Crippen LogP contribution in [0.3, 0.4) is 0 Å². The number of aryl methyl sites for hydroxylation is 1. The third-order valence-electron chi connectivity index (χ3n) is 3.30. The minimum atomic E-state index is -0.508. The molecule has 0 aliphatic rings. The number of nitrogens with one attached hydrogen (secondary N) is 1. The molecule has 25 heavy (non-hydrogen) atoms. The molecule has 0 saturated carbocycles. The summed E-state index contributed by atoms with van der Waals surface area (Å²) in [5.41, 5.74) is 0.902. The van der Waals surface area contributed by atoms with Crippen LogP contribution in [-0.4, -0.2) is 26.1 Å². The molecule has 0 bridgehead atoms. The van der Waals surface area contributed by atoms with E-state index >= 15 is 0 Å². The van der Waals surface area contributed by atoms with Gasteiger partial charge in [0, 0.05) is 21.5 Å². The van der Waals surface area contributed by atoms with Gasteiger partial charge in [-0.1, -0.05) is 27.5 Å². The van der Waals surface area contributed by atoms with Crippen LogP contribution in [0.25, 0.3) is 11.4 Å². The molecule has 0 saturated heterocycles. The molecule has 1 N–H and O–H groups in total. The largest absolute Gasteiger partial charge is 0.324 e. The van der Waals surface area contributed by atoms with Gasteiger partial charge in [-0.15, -0.1) is 10.2 Å². The van der Waals surface area contributed by atoms with Gasteiger partial charge in [0.05, 0.1) is 12.2 Å². The zero-order valence-corrected chi connectivity index (χ0v) is 15.1. The highest BCUT2D eigenvalue weighted by molar-refractivity contribution is 9.10. The summed E-state index contributed by atoms with van der Waals surface area (Å²) >= 11 is 9.00. The number of amides is 1. The SMILES string of the molecule is O=C(CCn1nnc(-c2ccc(Cl)cc2)n1)Nc1ccc(Br)cc1F. The Morgan fingerprint density at radius 1 is 1.24 bits per heavy atom. The van der Waals surface area contributed by atoms with E-state index in [0.717, 1.165) is 5.56 Å². The first kappa shape index (κ1) is 17.5. The van der Waals surface area contributed by atoms with Crippen molar-refractivity contribution >= 4 is 39.1 Å². The maximum Gasteiger partial charge on any atom is 0.226 e. The van der Waals surface area contributed by atoms with E-state index in [4.69, 9.17) is 11.6 Å². The fraction of sp³-hybridized carbons (Fsp3) is 0.125. The molecule has 0 atom stereocenters. The Hall–Kier alpha value is -2.32. The molecule has 2 aromatic carbocycles. The molecule has 6 nitrogen and oxygen atoms in total. The van der Waals surface area contributed by atoms with E-state index in [9.17, 15) is 9.18 Å². The molecule has 1 aromatic heterocycles. The van der Waals surface area contributed by atoms with Crippen molar-refractivity contribution < 1.29 is 9.18 Å². The van der Waals surface area contributed by atoms with Crippen LogP contribution in [0.15, 0.2) is 46.9 Å².